The molecular weight excluding hydrogens is 286 g/mol. The number of Topliss-reactive ketones (excluding diaryl/α,β-unsaturated/α-hetero) is 1. The number of alkyl halides is 2. The second kappa shape index (κ2) is 6.08. The summed E-state index contributed by atoms with van der Waals surface area (Å²) in [5.74, 6) is 0.320. The van der Waals surface area contributed by atoms with E-state index in [9.17, 15) is 9.18 Å². The smallest absolute Gasteiger partial charge is 0.228 e. The molecule has 1 aromatic rings. The van der Waals surface area contributed by atoms with Crippen LogP contribution in [0.15, 0.2) is 18.2 Å². The lowest BCUT2D eigenvalue weighted by Crippen LogP contribution is -2.05. The number of ketones is 1. The van der Waals surface area contributed by atoms with Crippen LogP contribution in [0.3, 0.4) is 0 Å². The number of hydrogen-bond acceptors (Lipinski definition) is 2. The minimum Gasteiger partial charge on any atom is -0.463 e. The molecule has 0 bridgehead atoms. The number of halogens is 3. The monoisotopic (exact) mass is 294 g/mol. The topological polar surface area (TPSA) is 26.3 Å². The fourth-order valence-corrected chi connectivity index (χ4v) is 1.49. The molecule has 0 saturated carbocycles. The number of ether oxygens (including phenoxy) is 1. The summed E-state index contributed by atoms with van der Waals surface area (Å²) in [6.45, 7) is -0.935. The summed E-state index contributed by atoms with van der Waals surface area (Å²) in [5, 5.41) is 0.721. The van der Waals surface area contributed by atoms with Crippen molar-refractivity contribution >= 4 is 33.3 Å². The molecule has 0 aliphatic carbocycles. The van der Waals surface area contributed by atoms with Crippen molar-refractivity contribution in [2.45, 2.75) is 6.42 Å². The van der Waals surface area contributed by atoms with Crippen LogP contribution >= 0.6 is 27.5 Å². The van der Waals surface area contributed by atoms with Crippen LogP contribution in [0, 0.1) is 0 Å². The number of carbonyl (C=O) groups excluding carboxylic acids is 1. The van der Waals surface area contributed by atoms with Crippen molar-refractivity contribution in [1.82, 2.24) is 0 Å². The van der Waals surface area contributed by atoms with E-state index in [0.717, 1.165) is 0 Å². The summed E-state index contributed by atoms with van der Waals surface area (Å²) in [5.41, 5.74) is 0.640. The normalized spacial score (nSPS) is 10.1. The van der Waals surface area contributed by atoms with Crippen LogP contribution < -0.4 is 4.74 Å². The van der Waals surface area contributed by atoms with Gasteiger partial charge in [-0.2, -0.15) is 0 Å². The van der Waals surface area contributed by atoms with Crippen molar-refractivity contribution in [3.63, 3.8) is 0 Å². The van der Waals surface area contributed by atoms with Crippen molar-refractivity contribution in [3.05, 3.63) is 28.8 Å². The van der Waals surface area contributed by atoms with Gasteiger partial charge in [0.25, 0.3) is 0 Å². The zero-order valence-corrected chi connectivity index (χ0v) is 10.1. The Morgan fingerprint density at radius 1 is 1.53 bits per heavy atom. The zero-order valence-electron chi connectivity index (χ0n) is 7.80. The van der Waals surface area contributed by atoms with Crippen LogP contribution in [0.1, 0.15) is 5.56 Å². The summed E-state index contributed by atoms with van der Waals surface area (Å²) in [7, 11) is 0. The van der Waals surface area contributed by atoms with Gasteiger partial charge >= 0.3 is 0 Å². The maximum absolute atomic E-state index is 12.1. The van der Waals surface area contributed by atoms with Crippen LogP contribution in [-0.2, 0) is 11.2 Å². The maximum Gasteiger partial charge on any atom is 0.228 e. The molecule has 0 aliphatic heterocycles. The maximum atomic E-state index is 12.1. The molecule has 0 saturated heterocycles. The molecular formula is C10H9BrClFO2. The van der Waals surface area contributed by atoms with Gasteiger partial charge < -0.3 is 4.74 Å². The van der Waals surface area contributed by atoms with Gasteiger partial charge in [0.2, 0.25) is 6.86 Å². The Hall–Kier alpha value is -0.610. The van der Waals surface area contributed by atoms with Gasteiger partial charge in [0.05, 0.1) is 5.33 Å². The first kappa shape index (κ1) is 12.5. The Morgan fingerprint density at radius 3 is 2.87 bits per heavy atom. The lowest BCUT2D eigenvalue weighted by atomic mass is 10.1. The molecule has 0 amide bonds. The number of carbonyl (C=O) groups is 1. The third-order valence-electron chi connectivity index (χ3n) is 1.78. The molecule has 0 radical (unpaired) electrons. The summed E-state index contributed by atoms with van der Waals surface area (Å²) in [6.07, 6.45) is 0.206. The number of rotatable bonds is 5. The SMILES string of the molecule is O=C(CBr)Cc1ccc(Cl)cc1OCF. The highest BCUT2D eigenvalue weighted by molar-refractivity contribution is 9.09. The minimum atomic E-state index is -0.935. The van der Waals surface area contributed by atoms with Crippen molar-refractivity contribution in [1.29, 1.82) is 0 Å². The summed E-state index contributed by atoms with van der Waals surface area (Å²) in [4.78, 5) is 11.2. The summed E-state index contributed by atoms with van der Waals surface area (Å²) in [6, 6.07) is 4.80. The number of hydrogen-bond donors (Lipinski definition) is 0. The first-order chi connectivity index (χ1) is 7.17. The molecule has 1 rings (SSSR count). The lowest BCUT2D eigenvalue weighted by molar-refractivity contribution is -0.115. The second-order valence-corrected chi connectivity index (χ2v) is 3.85. The predicted octanol–water partition coefficient (Wildman–Crippen LogP) is 3.15. The quantitative estimate of drug-likeness (QED) is 0.780. The van der Waals surface area contributed by atoms with Crippen LogP contribution in [0.2, 0.25) is 5.02 Å². The van der Waals surface area contributed by atoms with Crippen LogP contribution in [0.5, 0.6) is 5.75 Å². The van der Waals surface area contributed by atoms with Gasteiger partial charge in [-0.3, -0.25) is 4.79 Å². The number of benzene rings is 1. The molecule has 0 atom stereocenters. The van der Waals surface area contributed by atoms with Gasteiger partial charge in [-0.05, 0) is 12.1 Å². The lowest BCUT2D eigenvalue weighted by Gasteiger charge is -2.08. The molecule has 82 valence electrons. The Labute approximate surface area is 101 Å². The highest BCUT2D eigenvalue weighted by Crippen LogP contribution is 2.24. The van der Waals surface area contributed by atoms with Crippen molar-refractivity contribution in [2.24, 2.45) is 0 Å². The van der Waals surface area contributed by atoms with E-state index in [1.807, 2.05) is 0 Å². The van der Waals surface area contributed by atoms with E-state index in [1.54, 1.807) is 12.1 Å². The highest BCUT2D eigenvalue weighted by atomic mass is 79.9. The van der Waals surface area contributed by atoms with Crippen LogP contribution in [0.25, 0.3) is 0 Å². The molecule has 0 N–H and O–H groups in total. The van der Waals surface area contributed by atoms with Crippen molar-refractivity contribution in [2.75, 3.05) is 12.2 Å². The molecule has 1 aromatic carbocycles. The fraction of sp³-hybridized carbons (Fsp3) is 0.300. The average molecular weight is 296 g/mol. The molecule has 0 heterocycles. The summed E-state index contributed by atoms with van der Waals surface area (Å²) >= 11 is 8.79. The van der Waals surface area contributed by atoms with E-state index in [0.29, 0.717) is 16.3 Å². The third-order valence-corrected chi connectivity index (χ3v) is 2.64. The second-order valence-electron chi connectivity index (χ2n) is 2.85. The van der Waals surface area contributed by atoms with E-state index in [4.69, 9.17) is 16.3 Å². The predicted molar refractivity (Wildman–Crippen MR) is 60.6 cm³/mol. The van der Waals surface area contributed by atoms with Gasteiger partial charge in [-0.25, -0.2) is 4.39 Å². The molecule has 15 heavy (non-hydrogen) atoms. The molecule has 0 fully saturated rings. The molecule has 2 nitrogen and oxygen atoms in total. The van der Waals surface area contributed by atoms with E-state index in [-0.39, 0.29) is 17.5 Å². The van der Waals surface area contributed by atoms with E-state index < -0.39 is 6.86 Å². The Balaban J connectivity index is 2.89. The zero-order chi connectivity index (χ0) is 11.3. The van der Waals surface area contributed by atoms with E-state index >= 15 is 0 Å². The first-order valence-corrected chi connectivity index (χ1v) is 5.72. The summed E-state index contributed by atoms with van der Waals surface area (Å²) < 4.78 is 16.8. The first-order valence-electron chi connectivity index (χ1n) is 4.22. The minimum absolute atomic E-state index is 0.000954. The van der Waals surface area contributed by atoms with Crippen molar-refractivity contribution < 1.29 is 13.9 Å². The van der Waals surface area contributed by atoms with Gasteiger partial charge in [0, 0.05) is 17.0 Å². The molecule has 0 unspecified atom stereocenters. The fourth-order valence-electron chi connectivity index (χ4n) is 1.13. The Bertz CT molecular complexity index is 357. The standard InChI is InChI=1S/C10H9BrClFO2/c11-5-9(14)3-7-1-2-8(12)4-10(7)15-6-13/h1-2,4H,3,5-6H2. The molecule has 0 spiro atoms. The largest absolute Gasteiger partial charge is 0.463 e. The van der Waals surface area contributed by atoms with Gasteiger partial charge in [-0.15, -0.1) is 0 Å². The van der Waals surface area contributed by atoms with Gasteiger partial charge in [0.15, 0.2) is 0 Å². The van der Waals surface area contributed by atoms with E-state index in [1.165, 1.54) is 6.07 Å². The molecule has 0 aliphatic rings. The molecule has 5 heteroatoms. The Morgan fingerprint density at radius 2 is 2.27 bits per heavy atom. The highest BCUT2D eigenvalue weighted by Gasteiger charge is 2.08. The average Bonchev–Trinajstić information content (AvgIpc) is 2.22. The molecule has 0 aromatic heterocycles. The van der Waals surface area contributed by atoms with Gasteiger partial charge in [0.1, 0.15) is 11.5 Å². The Kier molecular flexibility index (Phi) is 5.05. The van der Waals surface area contributed by atoms with Crippen molar-refractivity contribution in [3.8, 4) is 5.75 Å². The van der Waals surface area contributed by atoms with Crippen LogP contribution in [-0.4, -0.2) is 18.0 Å². The third kappa shape index (κ3) is 3.80. The van der Waals surface area contributed by atoms with Crippen LogP contribution in [0.4, 0.5) is 4.39 Å². The van der Waals surface area contributed by atoms with E-state index in [2.05, 4.69) is 15.9 Å². The van der Waals surface area contributed by atoms with Gasteiger partial charge in [-0.1, -0.05) is 33.6 Å².